The summed E-state index contributed by atoms with van der Waals surface area (Å²) in [5, 5.41) is 2.44. The number of hydrogen-bond acceptors (Lipinski definition) is 4. The standard InChI is InChI=1S/C14H20F3N3O2/c1-13(2,3)22-12(21)20-7-9(6-18)10-4-5-19-8-11(10)14(15,16)17/h4-5,8-9H,6-7,18H2,1-3H3,(H,20,21). The van der Waals surface area contributed by atoms with Crippen LogP contribution in [0.1, 0.15) is 37.8 Å². The highest BCUT2D eigenvalue weighted by atomic mass is 19.4. The van der Waals surface area contributed by atoms with Gasteiger partial charge in [-0.05, 0) is 32.4 Å². The van der Waals surface area contributed by atoms with Gasteiger partial charge in [-0.3, -0.25) is 4.98 Å². The zero-order valence-corrected chi connectivity index (χ0v) is 12.7. The molecule has 5 nitrogen and oxygen atoms in total. The highest BCUT2D eigenvalue weighted by Gasteiger charge is 2.35. The number of rotatable bonds is 4. The number of carbonyl (C=O) groups excluding carboxylic acids is 1. The Balaban J connectivity index is 2.84. The van der Waals surface area contributed by atoms with Gasteiger partial charge < -0.3 is 15.8 Å². The minimum atomic E-state index is -4.52. The second-order valence-electron chi connectivity index (χ2n) is 5.78. The second kappa shape index (κ2) is 6.95. The van der Waals surface area contributed by atoms with Gasteiger partial charge >= 0.3 is 12.3 Å². The van der Waals surface area contributed by atoms with Crippen molar-refractivity contribution in [3.05, 3.63) is 29.6 Å². The Hall–Kier alpha value is -1.83. The Bertz CT molecular complexity index is 513. The predicted molar refractivity (Wildman–Crippen MR) is 75.3 cm³/mol. The predicted octanol–water partition coefficient (Wildman–Crippen LogP) is 2.67. The summed E-state index contributed by atoms with van der Waals surface area (Å²) in [6.45, 7) is 4.97. The molecule has 0 saturated heterocycles. The molecule has 3 N–H and O–H groups in total. The van der Waals surface area contributed by atoms with Crippen molar-refractivity contribution in [3.63, 3.8) is 0 Å². The first-order chi connectivity index (χ1) is 10.0. The lowest BCUT2D eigenvalue weighted by atomic mass is 9.95. The summed E-state index contributed by atoms with van der Waals surface area (Å²) in [5.74, 6) is -0.688. The Labute approximate surface area is 127 Å². The van der Waals surface area contributed by atoms with Crippen LogP contribution in [0.5, 0.6) is 0 Å². The van der Waals surface area contributed by atoms with Gasteiger partial charge in [0.15, 0.2) is 0 Å². The molecule has 0 fully saturated rings. The fraction of sp³-hybridized carbons (Fsp3) is 0.571. The van der Waals surface area contributed by atoms with E-state index in [9.17, 15) is 18.0 Å². The molecule has 0 bridgehead atoms. The first kappa shape index (κ1) is 18.2. The van der Waals surface area contributed by atoms with E-state index >= 15 is 0 Å². The molecule has 0 aliphatic heterocycles. The summed E-state index contributed by atoms with van der Waals surface area (Å²) in [5.41, 5.74) is 4.02. The maximum absolute atomic E-state index is 13.0. The van der Waals surface area contributed by atoms with Crippen LogP contribution in [0.15, 0.2) is 18.5 Å². The number of carbonyl (C=O) groups is 1. The van der Waals surface area contributed by atoms with E-state index in [0.29, 0.717) is 0 Å². The van der Waals surface area contributed by atoms with Crippen molar-refractivity contribution in [2.75, 3.05) is 13.1 Å². The zero-order valence-electron chi connectivity index (χ0n) is 12.7. The van der Waals surface area contributed by atoms with Crippen molar-refractivity contribution < 1.29 is 22.7 Å². The van der Waals surface area contributed by atoms with E-state index in [0.717, 1.165) is 6.20 Å². The van der Waals surface area contributed by atoms with Crippen molar-refractivity contribution in [1.29, 1.82) is 0 Å². The van der Waals surface area contributed by atoms with E-state index in [4.69, 9.17) is 10.5 Å². The first-order valence-corrected chi connectivity index (χ1v) is 6.72. The number of ether oxygens (including phenoxy) is 1. The molecule has 1 aromatic heterocycles. The van der Waals surface area contributed by atoms with Crippen LogP contribution in [0, 0.1) is 0 Å². The van der Waals surface area contributed by atoms with Crippen LogP contribution >= 0.6 is 0 Å². The van der Waals surface area contributed by atoms with Gasteiger partial charge in [-0.1, -0.05) is 0 Å². The Morgan fingerprint density at radius 2 is 2.05 bits per heavy atom. The van der Waals surface area contributed by atoms with Gasteiger partial charge in [0.1, 0.15) is 5.60 Å². The number of aromatic nitrogens is 1. The van der Waals surface area contributed by atoms with Crippen molar-refractivity contribution in [3.8, 4) is 0 Å². The minimum absolute atomic E-state index is 0.000980. The molecule has 0 saturated carbocycles. The minimum Gasteiger partial charge on any atom is -0.444 e. The van der Waals surface area contributed by atoms with Crippen LogP contribution in [-0.2, 0) is 10.9 Å². The Morgan fingerprint density at radius 3 is 2.55 bits per heavy atom. The highest BCUT2D eigenvalue weighted by Crippen LogP contribution is 2.34. The third-order valence-electron chi connectivity index (χ3n) is 2.78. The van der Waals surface area contributed by atoms with E-state index in [-0.39, 0.29) is 18.7 Å². The number of pyridine rings is 1. The molecule has 0 aliphatic carbocycles. The number of hydrogen-bond donors (Lipinski definition) is 2. The number of nitrogens with two attached hydrogens (primary N) is 1. The lowest BCUT2D eigenvalue weighted by Gasteiger charge is -2.23. The third kappa shape index (κ3) is 5.51. The topological polar surface area (TPSA) is 77.2 Å². The summed E-state index contributed by atoms with van der Waals surface area (Å²) in [4.78, 5) is 15.1. The molecule has 1 unspecified atom stereocenters. The van der Waals surface area contributed by atoms with Gasteiger partial charge in [-0.15, -0.1) is 0 Å². The molecule has 1 atom stereocenters. The molecular formula is C14H20F3N3O2. The Kier molecular flexibility index (Phi) is 5.76. The summed E-state index contributed by atoms with van der Waals surface area (Å²) in [6, 6.07) is 1.26. The quantitative estimate of drug-likeness (QED) is 0.894. The fourth-order valence-corrected chi connectivity index (χ4v) is 1.84. The fourth-order valence-electron chi connectivity index (χ4n) is 1.84. The molecular weight excluding hydrogens is 299 g/mol. The van der Waals surface area contributed by atoms with Crippen molar-refractivity contribution in [2.45, 2.75) is 38.5 Å². The summed E-state index contributed by atoms with van der Waals surface area (Å²) in [6.07, 6.45) is -3.21. The monoisotopic (exact) mass is 319 g/mol. The van der Waals surface area contributed by atoms with Gasteiger partial charge in [0, 0.05) is 31.4 Å². The van der Waals surface area contributed by atoms with Gasteiger partial charge in [0.2, 0.25) is 0 Å². The molecule has 1 aromatic rings. The summed E-state index contributed by atoms with van der Waals surface area (Å²) >= 11 is 0. The molecule has 1 amide bonds. The van der Waals surface area contributed by atoms with Crippen molar-refractivity contribution in [1.82, 2.24) is 10.3 Å². The SMILES string of the molecule is CC(C)(C)OC(=O)NCC(CN)c1ccncc1C(F)(F)F. The van der Waals surface area contributed by atoms with Gasteiger partial charge in [-0.2, -0.15) is 13.2 Å². The zero-order chi connectivity index (χ0) is 17.0. The van der Waals surface area contributed by atoms with Crippen LogP contribution in [0.25, 0.3) is 0 Å². The van der Waals surface area contributed by atoms with Crippen LogP contribution in [0.2, 0.25) is 0 Å². The van der Waals surface area contributed by atoms with Crippen molar-refractivity contribution >= 4 is 6.09 Å². The molecule has 0 radical (unpaired) electrons. The molecule has 8 heteroatoms. The maximum atomic E-state index is 13.0. The van der Waals surface area contributed by atoms with Crippen molar-refractivity contribution in [2.24, 2.45) is 5.73 Å². The van der Waals surface area contributed by atoms with Gasteiger partial charge in [0.05, 0.1) is 5.56 Å². The largest absolute Gasteiger partial charge is 0.444 e. The first-order valence-electron chi connectivity index (χ1n) is 6.72. The molecule has 22 heavy (non-hydrogen) atoms. The van der Waals surface area contributed by atoms with Crippen LogP contribution < -0.4 is 11.1 Å². The van der Waals surface area contributed by atoms with E-state index in [1.165, 1.54) is 12.3 Å². The molecule has 0 spiro atoms. The second-order valence-corrected chi connectivity index (χ2v) is 5.78. The molecule has 124 valence electrons. The number of nitrogens with one attached hydrogen (secondary N) is 1. The maximum Gasteiger partial charge on any atom is 0.418 e. The van der Waals surface area contributed by atoms with E-state index in [2.05, 4.69) is 10.3 Å². The number of alkyl halides is 3. The average molecular weight is 319 g/mol. The highest BCUT2D eigenvalue weighted by molar-refractivity contribution is 5.67. The van der Waals surface area contributed by atoms with E-state index in [1.807, 2.05) is 0 Å². The lowest BCUT2D eigenvalue weighted by Crippen LogP contribution is -2.36. The number of halogens is 3. The number of alkyl carbamates (subject to hydrolysis) is 1. The summed E-state index contributed by atoms with van der Waals surface area (Å²) in [7, 11) is 0. The van der Waals surface area contributed by atoms with E-state index in [1.54, 1.807) is 20.8 Å². The number of amides is 1. The number of nitrogens with zero attached hydrogens (tertiary/aromatic N) is 1. The van der Waals surface area contributed by atoms with E-state index < -0.39 is 29.4 Å². The third-order valence-corrected chi connectivity index (χ3v) is 2.78. The summed E-state index contributed by atoms with van der Waals surface area (Å²) < 4.78 is 44.0. The van der Waals surface area contributed by atoms with Crippen LogP contribution in [0.3, 0.4) is 0 Å². The smallest absolute Gasteiger partial charge is 0.418 e. The Morgan fingerprint density at radius 1 is 1.41 bits per heavy atom. The normalized spacial score (nSPS) is 13.6. The van der Waals surface area contributed by atoms with Gasteiger partial charge in [-0.25, -0.2) is 4.79 Å². The molecule has 0 aliphatic rings. The van der Waals surface area contributed by atoms with Crippen LogP contribution in [-0.4, -0.2) is 29.8 Å². The molecule has 0 aromatic carbocycles. The van der Waals surface area contributed by atoms with Gasteiger partial charge in [0.25, 0.3) is 0 Å². The lowest BCUT2D eigenvalue weighted by molar-refractivity contribution is -0.138. The average Bonchev–Trinajstić information content (AvgIpc) is 2.36. The molecule has 1 rings (SSSR count). The molecule has 1 heterocycles. The van der Waals surface area contributed by atoms with Crippen LogP contribution in [0.4, 0.5) is 18.0 Å².